The molecule has 1 heterocycles. The quantitative estimate of drug-likeness (QED) is 0.861. The van der Waals surface area contributed by atoms with Crippen molar-refractivity contribution in [2.24, 2.45) is 5.41 Å². The fraction of sp³-hybridized carbons (Fsp3) is 0.600. The van der Waals surface area contributed by atoms with Crippen LogP contribution in [0.4, 0.5) is 5.82 Å². The lowest BCUT2D eigenvalue weighted by atomic mass is 9.83. The van der Waals surface area contributed by atoms with Crippen LogP contribution in [0.3, 0.4) is 0 Å². The van der Waals surface area contributed by atoms with Crippen molar-refractivity contribution in [3.63, 3.8) is 0 Å². The van der Waals surface area contributed by atoms with Crippen LogP contribution in [0.2, 0.25) is 0 Å². The zero-order valence-corrected chi connectivity index (χ0v) is 13.7. The van der Waals surface area contributed by atoms with Gasteiger partial charge in [0.2, 0.25) is 0 Å². The Balaban J connectivity index is 2.06. The molecule has 4 nitrogen and oxygen atoms in total. The smallest absolute Gasteiger partial charge is 0.255 e. The molecule has 0 aromatic carbocycles. The van der Waals surface area contributed by atoms with E-state index in [0.29, 0.717) is 16.8 Å². The molecule has 0 aliphatic heterocycles. The molecule has 1 aromatic heterocycles. The molecule has 110 valence electrons. The topological polar surface area (TPSA) is 54.0 Å². The Hall–Kier alpha value is -1.10. The van der Waals surface area contributed by atoms with Crippen LogP contribution in [-0.4, -0.2) is 24.5 Å². The number of halogens is 1. The predicted octanol–water partition coefficient (Wildman–Crippen LogP) is 3.59. The summed E-state index contributed by atoms with van der Waals surface area (Å²) < 4.78 is 0.813. The van der Waals surface area contributed by atoms with Gasteiger partial charge in [-0.1, -0.05) is 19.8 Å². The first-order valence-corrected chi connectivity index (χ1v) is 8.01. The number of pyridine rings is 1. The minimum Gasteiger partial charge on any atom is -0.372 e. The first kappa shape index (κ1) is 15.3. The number of hydrogen-bond acceptors (Lipinski definition) is 3. The van der Waals surface area contributed by atoms with Gasteiger partial charge in [-0.15, -0.1) is 0 Å². The number of anilines is 1. The second kappa shape index (κ2) is 6.57. The lowest BCUT2D eigenvalue weighted by Crippen LogP contribution is -2.36. The van der Waals surface area contributed by atoms with Gasteiger partial charge >= 0.3 is 0 Å². The Bertz CT molecular complexity index is 484. The summed E-state index contributed by atoms with van der Waals surface area (Å²) in [4.78, 5) is 16.6. The van der Waals surface area contributed by atoms with E-state index in [1.54, 1.807) is 19.3 Å². The second-order valence-corrected chi connectivity index (χ2v) is 6.46. The molecule has 2 N–H and O–H groups in total. The van der Waals surface area contributed by atoms with Crippen LogP contribution in [0.15, 0.2) is 16.7 Å². The molecule has 1 aliphatic carbocycles. The monoisotopic (exact) mass is 339 g/mol. The van der Waals surface area contributed by atoms with Gasteiger partial charge in [0.05, 0.1) is 5.56 Å². The Morgan fingerprint density at radius 3 is 2.75 bits per heavy atom. The van der Waals surface area contributed by atoms with Crippen LogP contribution < -0.4 is 10.6 Å². The number of aromatic nitrogens is 1. The summed E-state index contributed by atoms with van der Waals surface area (Å²) in [7, 11) is 1.78. The highest BCUT2D eigenvalue weighted by molar-refractivity contribution is 9.10. The molecule has 1 fully saturated rings. The fourth-order valence-electron chi connectivity index (χ4n) is 2.95. The van der Waals surface area contributed by atoms with Gasteiger partial charge in [0.15, 0.2) is 0 Å². The highest BCUT2D eigenvalue weighted by atomic mass is 79.9. The van der Waals surface area contributed by atoms with Gasteiger partial charge in [-0.05, 0) is 46.7 Å². The van der Waals surface area contributed by atoms with E-state index in [-0.39, 0.29) is 5.91 Å². The number of carbonyl (C=O) groups excluding carboxylic acids is 1. The lowest BCUT2D eigenvalue weighted by Gasteiger charge is -2.27. The maximum atomic E-state index is 12.4. The van der Waals surface area contributed by atoms with Crippen molar-refractivity contribution in [1.29, 1.82) is 0 Å². The maximum Gasteiger partial charge on any atom is 0.255 e. The molecule has 0 saturated heterocycles. The third-order valence-corrected chi connectivity index (χ3v) is 4.81. The predicted molar refractivity (Wildman–Crippen MR) is 85.0 cm³/mol. The molecular formula is C15H22BrN3O. The molecule has 20 heavy (non-hydrogen) atoms. The van der Waals surface area contributed by atoms with Crippen molar-refractivity contribution in [3.05, 3.63) is 22.3 Å². The van der Waals surface area contributed by atoms with Crippen LogP contribution in [0.1, 0.15) is 49.4 Å². The number of amides is 1. The average Bonchev–Trinajstić information content (AvgIpc) is 2.94. The fourth-order valence-corrected chi connectivity index (χ4v) is 3.29. The van der Waals surface area contributed by atoms with E-state index in [2.05, 4.69) is 38.5 Å². The van der Waals surface area contributed by atoms with Gasteiger partial charge in [0.1, 0.15) is 5.82 Å². The molecule has 1 saturated carbocycles. The molecule has 1 amide bonds. The van der Waals surface area contributed by atoms with Crippen LogP contribution in [0.5, 0.6) is 0 Å². The third-order valence-electron chi connectivity index (χ3n) is 4.37. The molecule has 0 spiro atoms. The SMILES string of the molecule is CCC1(CNC(=O)c2cc(Br)cnc2NC)CCCC1. The maximum absolute atomic E-state index is 12.4. The first-order valence-electron chi connectivity index (χ1n) is 7.22. The molecule has 0 bridgehead atoms. The highest BCUT2D eigenvalue weighted by Crippen LogP contribution is 2.40. The Morgan fingerprint density at radius 2 is 2.15 bits per heavy atom. The number of rotatable bonds is 5. The number of nitrogens with one attached hydrogen (secondary N) is 2. The Labute approximate surface area is 128 Å². The summed E-state index contributed by atoms with van der Waals surface area (Å²) in [5, 5.41) is 6.06. The summed E-state index contributed by atoms with van der Waals surface area (Å²) in [6.07, 6.45) is 7.82. The van der Waals surface area contributed by atoms with Crippen molar-refractivity contribution in [2.45, 2.75) is 39.0 Å². The zero-order valence-electron chi connectivity index (χ0n) is 12.1. The minimum absolute atomic E-state index is 0.0529. The van der Waals surface area contributed by atoms with E-state index in [9.17, 15) is 4.79 Å². The van der Waals surface area contributed by atoms with E-state index < -0.39 is 0 Å². The molecule has 5 heteroatoms. The Morgan fingerprint density at radius 1 is 1.45 bits per heavy atom. The van der Waals surface area contributed by atoms with Crippen LogP contribution >= 0.6 is 15.9 Å². The molecular weight excluding hydrogens is 318 g/mol. The number of hydrogen-bond donors (Lipinski definition) is 2. The van der Waals surface area contributed by atoms with Crippen LogP contribution in [0.25, 0.3) is 0 Å². The Kier molecular flexibility index (Phi) is 5.02. The van der Waals surface area contributed by atoms with E-state index in [1.807, 2.05) is 0 Å². The van der Waals surface area contributed by atoms with Gasteiger partial charge in [-0.2, -0.15) is 0 Å². The van der Waals surface area contributed by atoms with Crippen molar-refractivity contribution in [3.8, 4) is 0 Å². The van der Waals surface area contributed by atoms with Gasteiger partial charge in [0, 0.05) is 24.3 Å². The van der Waals surface area contributed by atoms with E-state index in [1.165, 1.54) is 25.7 Å². The van der Waals surface area contributed by atoms with E-state index in [4.69, 9.17) is 0 Å². The molecule has 0 atom stereocenters. The van der Waals surface area contributed by atoms with E-state index >= 15 is 0 Å². The third kappa shape index (κ3) is 3.32. The molecule has 2 rings (SSSR count). The highest BCUT2D eigenvalue weighted by Gasteiger charge is 2.32. The number of nitrogens with zero attached hydrogens (tertiary/aromatic N) is 1. The zero-order chi connectivity index (χ0) is 14.6. The van der Waals surface area contributed by atoms with Gasteiger partial charge in [-0.25, -0.2) is 4.98 Å². The molecule has 1 aliphatic rings. The van der Waals surface area contributed by atoms with Crippen molar-refractivity contribution in [1.82, 2.24) is 10.3 Å². The van der Waals surface area contributed by atoms with E-state index in [0.717, 1.165) is 17.4 Å². The van der Waals surface area contributed by atoms with Crippen LogP contribution in [0, 0.1) is 5.41 Å². The average molecular weight is 340 g/mol. The van der Waals surface area contributed by atoms with Gasteiger partial charge in [0.25, 0.3) is 5.91 Å². The summed E-state index contributed by atoms with van der Waals surface area (Å²) in [6, 6.07) is 1.81. The van der Waals surface area contributed by atoms with Gasteiger partial charge in [-0.3, -0.25) is 4.79 Å². The summed E-state index contributed by atoms with van der Waals surface area (Å²) in [5.41, 5.74) is 0.890. The lowest BCUT2D eigenvalue weighted by molar-refractivity contribution is 0.0929. The first-order chi connectivity index (χ1) is 9.60. The standard InChI is InChI=1S/C15H22BrN3O/c1-3-15(6-4-5-7-15)10-19-14(20)12-8-11(16)9-18-13(12)17-2/h8-9H,3-7,10H2,1-2H3,(H,17,18)(H,19,20). The molecule has 1 aromatic rings. The molecule has 0 unspecified atom stereocenters. The summed E-state index contributed by atoms with van der Waals surface area (Å²) >= 11 is 3.37. The second-order valence-electron chi connectivity index (χ2n) is 5.54. The normalized spacial score (nSPS) is 16.9. The van der Waals surface area contributed by atoms with Crippen molar-refractivity contribution < 1.29 is 4.79 Å². The number of carbonyl (C=O) groups is 1. The summed E-state index contributed by atoms with van der Waals surface area (Å²) in [6.45, 7) is 2.98. The van der Waals surface area contributed by atoms with Crippen molar-refractivity contribution in [2.75, 3.05) is 18.9 Å². The summed E-state index contributed by atoms with van der Waals surface area (Å²) in [5.74, 6) is 0.561. The molecule has 0 radical (unpaired) electrons. The van der Waals surface area contributed by atoms with Crippen LogP contribution in [-0.2, 0) is 0 Å². The minimum atomic E-state index is -0.0529. The largest absolute Gasteiger partial charge is 0.372 e. The van der Waals surface area contributed by atoms with Crippen molar-refractivity contribution >= 4 is 27.7 Å². The van der Waals surface area contributed by atoms with Gasteiger partial charge < -0.3 is 10.6 Å².